The normalized spacial score (nSPS) is 11.1. The average Bonchev–Trinajstić information content (AvgIpc) is 3.34. The molecule has 0 amide bonds. The Kier molecular flexibility index (Phi) is 4.96. The van der Waals surface area contributed by atoms with Gasteiger partial charge in [-0.25, -0.2) is 4.98 Å². The van der Waals surface area contributed by atoms with E-state index in [9.17, 15) is 10.1 Å². The van der Waals surface area contributed by atoms with E-state index in [-0.39, 0.29) is 5.69 Å². The van der Waals surface area contributed by atoms with Gasteiger partial charge in [-0.3, -0.25) is 10.1 Å². The van der Waals surface area contributed by atoms with Crippen LogP contribution in [0.25, 0.3) is 33.3 Å². The Morgan fingerprint density at radius 3 is 2.26 bits per heavy atom. The summed E-state index contributed by atoms with van der Waals surface area (Å²) < 4.78 is 5.87. The van der Waals surface area contributed by atoms with E-state index in [1.165, 1.54) is 17.5 Å². The molecule has 0 bridgehead atoms. The zero-order valence-electron chi connectivity index (χ0n) is 18.5. The van der Waals surface area contributed by atoms with Crippen LogP contribution in [0.4, 0.5) is 22.7 Å². The van der Waals surface area contributed by atoms with Gasteiger partial charge in [0.25, 0.3) is 5.69 Å². The summed E-state index contributed by atoms with van der Waals surface area (Å²) in [4.78, 5) is 17.3. The number of rotatable bonds is 5. The van der Waals surface area contributed by atoms with Crippen molar-refractivity contribution in [3.63, 3.8) is 0 Å². The molecular weight excluding hydrogens is 438 g/mol. The lowest BCUT2D eigenvalue weighted by molar-refractivity contribution is -0.384. The summed E-state index contributed by atoms with van der Waals surface area (Å²) in [7, 11) is 0. The third kappa shape index (κ3) is 3.77. The van der Waals surface area contributed by atoms with Crippen molar-refractivity contribution < 1.29 is 9.34 Å². The Labute approximate surface area is 200 Å². The topological polar surface area (TPSA) is 72.4 Å². The quantitative estimate of drug-likeness (QED) is 0.194. The lowest BCUT2D eigenvalue weighted by Gasteiger charge is -2.27. The number of fused-ring (bicyclic) bond motifs is 2. The van der Waals surface area contributed by atoms with E-state index in [0.29, 0.717) is 17.0 Å². The molecule has 1 aromatic heterocycles. The molecule has 0 unspecified atom stereocenters. The molecule has 0 aliphatic heterocycles. The third-order valence-electron chi connectivity index (χ3n) is 5.98. The highest BCUT2D eigenvalue weighted by Crippen LogP contribution is 2.39. The second-order valence-electron chi connectivity index (χ2n) is 8.14. The fraction of sp³-hybridized carbons (Fsp3) is 0. The maximum Gasteiger partial charge on any atom is 0.271 e. The van der Waals surface area contributed by atoms with E-state index in [1.54, 1.807) is 6.07 Å². The van der Waals surface area contributed by atoms with Crippen molar-refractivity contribution in [2.45, 2.75) is 0 Å². The number of para-hydroxylation sites is 1. The van der Waals surface area contributed by atoms with Crippen LogP contribution >= 0.6 is 0 Å². The number of oxazole rings is 1. The molecule has 0 N–H and O–H groups in total. The zero-order chi connectivity index (χ0) is 23.8. The van der Waals surface area contributed by atoms with Gasteiger partial charge in [-0.2, -0.15) is 0 Å². The molecule has 0 atom stereocenters. The molecule has 6 heteroatoms. The standard InChI is InChI=1S/C29H19N3O3/c33-32(34)24-17-18-28-26(19-24)30-29(35-28)21-13-15-23(16-14-21)31(22-9-2-1-3-10-22)27-12-6-8-20-7-4-5-11-25(20)27/h1-19H. The summed E-state index contributed by atoms with van der Waals surface area (Å²) in [6, 6.07) is 37.3. The smallest absolute Gasteiger partial charge is 0.271 e. The van der Waals surface area contributed by atoms with Gasteiger partial charge in [-0.05, 0) is 53.9 Å². The first-order valence-corrected chi connectivity index (χ1v) is 11.2. The van der Waals surface area contributed by atoms with Gasteiger partial charge in [0, 0.05) is 34.5 Å². The van der Waals surface area contributed by atoms with E-state index >= 15 is 0 Å². The molecule has 35 heavy (non-hydrogen) atoms. The monoisotopic (exact) mass is 457 g/mol. The van der Waals surface area contributed by atoms with E-state index in [2.05, 4.69) is 58.4 Å². The van der Waals surface area contributed by atoms with Crippen LogP contribution in [0.5, 0.6) is 0 Å². The number of non-ortho nitro benzene ring substituents is 1. The Bertz CT molecular complexity index is 1670. The van der Waals surface area contributed by atoms with Crippen LogP contribution < -0.4 is 4.90 Å². The minimum Gasteiger partial charge on any atom is -0.436 e. The van der Waals surface area contributed by atoms with Crippen LogP contribution in [0.15, 0.2) is 120 Å². The first-order valence-electron chi connectivity index (χ1n) is 11.2. The van der Waals surface area contributed by atoms with Gasteiger partial charge in [0.1, 0.15) is 5.52 Å². The number of nitrogens with zero attached hydrogens (tertiary/aromatic N) is 3. The van der Waals surface area contributed by atoms with Crippen molar-refractivity contribution in [3.05, 3.63) is 125 Å². The van der Waals surface area contributed by atoms with Gasteiger partial charge < -0.3 is 9.32 Å². The van der Waals surface area contributed by atoms with Crippen molar-refractivity contribution in [2.24, 2.45) is 0 Å². The largest absolute Gasteiger partial charge is 0.436 e. The van der Waals surface area contributed by atoms with E-state index in [4.69, 9.17) is 4.42 Å². The molecule has 0 radical (unpaired) electrons. The number of anilines is 3. The Hall–Kier alpha value is -4.97. The zero-order valence-corrected chi connectivity index (χ0v) is 18.5. The molecule has 0 spiro atoms. The van der Waals surface area contributed by atoms with Gasteiger partial charge in [0.15, 0.2) is 5.58 Å². The molecule has 6 aromatic rings. The fourth-order valence-electron chi connectivity index (χ4n) is 4.31. The molecule has 0 saturated carbocycles. The summed E-state index contributed by atoms with van der Waals surface area (Å²) >= 11 is 0. The molecule has 1 heterocycles. The summed E-state index contributed by atoms with van der Waals surface area (Å²) in [5, 5.41) is 13.4. The number of hydrogen-bond acceptors (Lipinski definition) is 5. The maximum absolute atomic E-state index is 11.1. The molecule has 6 nitrogen and oxygen atoms in total. The minimum absolute atomic E-state index is 0.0127. The number of aromatic nitrogens is 1. The SMILES string of the molecule is O=[N+]([O-])c1ccc2oc(-c3ccc(N(c4ccccc4)c4cccc5ccccc45)cc3)nc2c1. The first kappa shape index (κ1) is 20.6. The lowest BCUT2D eigenvalue weighted by atomic mass is 10.1. The molecule has 5 aromatic carbocycles. The predicted octanol–water partition coefficient (Wildman–Crippen LogP) is 8.03. The van der Waals surface area contributed by atoms with Gasteiger partial charge >= 0.3 is 0 Å². The Morgan fingerprint density at radius 2 is 1.46 bits per heavy atom. The summed E-state index contributed by atoms with van der Waals surface area (Å²) in [5.41, 5.74) is 4.86. The number of benzene rings is 5. The molecule has 0 aliphatic carbocycles. The molecule has 0 fully saturated rings. The van der Waals surface area contributed by atoms with Crippen LogP contribution in [-0.2, 0) is 0 Å². The number of nitro groups is 1. The molecular formula is C29H19N3O3. The number of hydrogen-bond donors (Lipinski definition) is 0. The molecule has 0 aliphatic rings. The van der Waals surface area contributed by atoms with Crippen LogP contribution in [-0.4, -0.2) is 9.91 Å². The van der Waals surface area contributed by atoms with Gasteiger partial charge in [0.2, 0.25) is 5.89 Å². The van der Waals surface area contributed by atoms with Crippen LogP contribution in [0.1, 0.15) is 0 Å². The predicted molar refractivity (Wildman–Crippen MR) is 138 cm³/mol. The highest BCUT2D eigenvalue weighted by Gasteiger charge is 2.17. The molecule has 0 saturated heterocycles. The Balaban J connectivity index is 1.43. The van der Waals surface area contributed by atoms with E-state index in [1.807, 2.05) is 48.5 Å². The average molecular weight is 457 g/mol. The van der Waals surface area contributed by atoms with Gasteiger partial charge in [-0.15, -0.1) is 0 Å². The summed E-state index contributed by atoms with van der Waals surface area (Å²) in [6.45, 7) is 0. The highest BCUT2D eigenvalue weighted by atomic mass is 16.6. The van der Waals surface area contributed by atoms with Crippen LogP contribution in [0, 0.1) is 10.1 Å². The minimum atomic E-state index is -0.436. The van der Waals surface area contributed by atoms with Crippen LogP contribution in [0.2, 0.25) is 0 Å². The maximum atomic E-state index is 11.1. The number of nitro benzene ring substituents is 1. The van der Waals surface area contributed by atoms with Crippen molar-refractivity contribution in [1.82, 2.24) is 4.98 Å². The van der Waals surface area contributed by atoms with Gasteiger partial charge in [-0.1, -0.05) is 54.6 Å². The van der Waals surface area contributed by atoms with E-state index < -0.39 is 4.92 Å². The molecule has 168 valence electrons. The summed E-state index contributed by atoms with van der Waals surface area (Å²) in [5.74, 6) is 0.420. The first-order chi connectivity index (χ1) is 17.2. The lowest BCUT2D eigenvalue weighted by Crippen LogP contribution is -2.10. The highest BCUT2D eigenvalue weighted by molar-refractivity contribution is 5.98. The van der Waals surface area contributed by atoms with Gasteiger partial charge in [0.05, 0.1) is 10.6 Å². The second kappa shape index (κ2) is 8.43. The van der Waals surface area contributed by atoms with Crippen LogP contribution in [0.3, 0.4) is 0 Å². The van der Waals surface area contributed by atoms with Crippen molar-refractivity contribution in [2.75, 3.05) is 4.90 Å². The van der Waals surface area contributed by atoms with Crippen molar-refractivity contribution in [3.8, 4) is 11.5 Å². The third-order valence-corrected chi connectivity index (χ3v) is 5.98. The van der Waals surface area contributed by atoms with Crippen molar-refractivity contribution in [1.29, 1.82) is 0 Å². The second-order valence-corrected chi connectivity index (χ2v) is 8.14. The summed E-state index contributed by atoms with van der Waals surface area (Å²) in [6.07, 6.45) is 0. The van der Waals surface area contributed by atoms with Crippen molar-refractivity contribution >= 4 is 44.6 Å². The van der Waals surface area contributed by atoms with E-state index in [0.717, 1.165) is 28.0 Å². The fourth-order valence-corrected chi connectivity index (χ4v) is 4.31. The Morgan fingerprint density at radius 1 is 0.743 bits per heavy atom. The molecule has 6 rings (SSSR count).